The number of hydrogen-bond acceptors (Lipinski definition) is 1. The zero-order valence-corrected chi connectivity index (χ0v) is 20.9. The standard InChI is InChI=1S/C31H27N2OP/c1-23-21-25(32-3)22-24(2)29(23)33-30(34)31(19-20-31)35(26-13-7-4-8-14-26,27-15-9-5-10-16-27)28-17-11-6-12-18-28/h4-18,21-22H,19-20H2,1-2H3/p+1. The molecule has 4 heteroatoms. The van der Waals surface area contributed by atoms with Gasteiger partial charge in [-0.3, -0.25) is 4.79 Å². The molecule has 1 fully saturated rings. The van der Waals surface area contributed by atoms with Gasteiger partial charge >= 0.3 is 0 Å². The predicted octanol–water partition coefficient (Wildman–Crippen LogP) is 6.32. The van der Waals surface area contributed by atoms with Crippen molar-refractivity contribution in [1.82, 2.24) is 0 Å². The van der Waals surface area contributed by atoms with Crippen LogP contribution in [0.25, 0.3) is 4.85 Å². The van der Waals surface area contributed by atoms with Crippen molar-refractivity contribution in [1.29, 1.82) is 0 Å². The number of rotatable bonds is 6. The average molecular weight is 476 g/mol. The molecule has 0 radical (unpaired) electrons. The van der Waals surface area contributed by atoms with Crippen LogP contribution in [0.2, 0.25) is 0 Å². The van der Waals surface area contributed by atoms with Crippen molar-refractivity contribution in [2.24, 2.45) is 0 Å². The van der Waals surface area contributed by atoms with E-state index in [4.69, 9.17) is 6.57 Å². The van der Waals surface area contributed by atoms with E-state index in [0.717, 1.165) is 29.7 Å². The molecular weight excluding hydrogens is 447 g/mol. The molecule has 1 amide bonds. The summed E-state index contributed by atoms with van der Waals surface area (Å²) in [5, 5.41) is 6.47. The van der Waals surface area contributed by atoms with Crippen LogP contribution in [-0.2, 0) is 4.79 Å². The number of nitrogens with one attached hydrogen (secondary N) is 1. The Kier molecular flexibility index (Phi) is 6.01. The van der Waals surface area contributed by atoms with Gasteiger partial charge in [-0.05, 0) is 61.4 Å². The molecule has 1 aliphatic rings. The van der Waals surface area contributed by atoms with E-state index >= 15 is 0 Å². The summed E-state index contributed by atoms with van der Waals surface area (Å²) in [6.45, 7) is 11.3. The van der Waals surface area contributed by atoms with Crippen molar-refractivity contribution in [3.63, 3.8) is 0 Å². The topological polar surface area (TPSA) is 33.5 Å². The fourth-order valence-corrected chi connectivity index (χ4v) is 10.8. The van der Waals surface area contributed by atoms with E-state index in [1.807, 2.05) is 44.2 Å². The summed E-state index contributed by atoms with van der Waals surface area (Å²) in [7, 11) is -2.34. The molecule has 0 atom stereocenters. The van der Waals surface area contributed by atoms with Crippen LogP contribution in [0.3, 0.4) is 0 Å². The summed E-state index contributed by atoms with van der Waals surface area (Å²) in [5.74, 6) is 0.0733. The molecule has 0 aliphatic heterocycles. The molecule has 0 spiro atoms. The summed E-state index contributed by atoms with van der Waals surface area (Å²) < 4.78 is 0. The van der Waals surface area contributed by atoms with E-state index < -0.39 is 12.4 Å². The Balaban J connectivity index is 1.72. The monoisotopic (exact) mass is 475 g/mol. The zero-order chi connectivity index (χ0) is 24.5. The Morgan fingerprint density at radius 2 is 1.17 bits per heavy atom. The summed E-state index contributed by atoms with van der Waals surface area (Å²) in [6.07, 6.45) is 1.67. The van der Waals surface area contributed by atoms with Crippen LogP contribution in [0.4, 0.5) is 11.4 Å². The molecule has 1 aliphatic carbocycles. The van der Waals surface area contributed by atoms with Crippen molar-refractivity contribution >= 4 is 40.5 Å². The molecule has 3 nitrogen and oxygen atoms in total. The molecule has 0 bridgehead atoms. The van der Waals surface area contributed by atoms with Crippen LogP contribution in [-0.4, -0.2) is 11.1 Å². The molecule has 1 N–H and O–H groups in total. The Morgan fingerprint density at radius 1 is 0.771 bits per heavy atom. The molecule has 4 aromatic rings. The normalized spacial score (nSPS) is 14.1. The lowest BCUT2D eigenvalue weighted by atomic mass is 10.1. The number of aryl methyl sites for hydroxylation is 2. The van der Waals surface area contributed by atoms with Gasteiger partial charge in [-0.15, -0.1) is 0 Å². The maximum absolute atomic E-state index is 14.4. The lowest BCUT2D eigenvalue weighted by Crippen LogP contribution is -2.46. The van der Waals surface area contributed by atoms with Gasteiger partial charge < -0.3 is 5.32 Å². The van der Waals surface area contributed by atoms with E-state index in [1.165, 1.54) is 15.9 Å². The summed E-state index contributed by atoms with van der Waals surface area (Å²) in [6, 6.07) is 35.5. The first-order valence-corrected chi connectivity index (χ1v) is 13.7. The Labute approximate surface area is 208 Å². The third kappa shape index (κ3) is 3.75. The van der Waals surface area contributed by atoms with Gasteiger partial charge in [0.05, 0.1) is 6.57 Å². The second-order valence-electron chi connectivity index (χ2n) is 9.23. The fraction of sp³-hybridized carbons (Fsp3) is 0.161. The summed E-state index contributed by atoms with van der Waals surface area (Å²) >= 11 is 0. The number of anilines is 1. The van der Waals surface area contributed by atoms with Crippen molar-refractivity contribution < 1.29 is 4.79 Å². The van der Waals surface area contributed by atoms with Crippen LogP contribution >= 0.6 is 7.26 Å². The van der Waals surface area contributed by atoms with E-state index in [0.29, 0.717) is 5.69 Å². The minimum Gasteiger partial charge on any atom is -0.322 e. The molecule has 0 unspecified atom stereocenters. The first-order chi connectivity index (χ1) is 17.0. The van der Waals surface area contributed by atoms with E-state index in [1.54, 1.807) is 0 Å². The number of nitrogens with zero attached hydrogens (tertiary/aromatic N) is 1. The second-order valence-corrected chi connectivity index (χ2v) is 13.0. The van der Waals surface area contributed by atoms with E-state index in [2.05, 4.69) is 83.0 Å². The van der Waals surface area contributed by atoms with Gasteiger partial charge in [-0.1, -0.05) is 66.7 Å². The molecule has 35 heavy (non-hydrogen) atoms. The second kappa shape index (κ2) is 9.14. The van der Waals surface area contributed by atoms with Crippen molar-refractivity contribution in [2.45, 2.75) is 31.8 Å². The molecule has 172 valence electrons. The van der Waals surface area contributed by atoms with E-state index in [9.17, 15) is 4.79 Å². The van der Waals surface area contributed by atoms with Crippen molar-refractivity contribution in [2.75, 3.05) is 5.32 Å². The lowest BCUT2D eigenvalue weighted by molar-refractivity contribution is -0.116. The molecule has 0 heterocycles. The van der Waals surface area contributed by atoms with Crippen LogP contribution in [0.1, 0.15) is 24.0 Å². The Morgan fingerprint density at radius 3 is 1.51 bits per heavy atom. The van der Waals surface area contributed by atoms with Gasteiger partial charge in [0.1, 0.15) is 23.2 Å². The highest BCUT2D eigenvalue weighted by molar-refractivity contribution is 7.97. The highest BCUT2D eigenvalue weighted by Gasteiger charge is 2.73. The van der Waals surface area contributed by atoms with Gasteiger partial charge in [0, 0.05) is 18.5 Å². The third-order valence-corrected chi connectivity index (χ3v) is 12.3. The minimum absolute atomic E-state index is 0.0733. The molecule has 4 aromatic carbocycles. The number of hydrogen-bond donors (Lipinski definition) is 1. The molecular formula is C31H28N2OP+. The Hall–Kier alpha value is -3.73. The van der Waals surface area contributed by atoms with Crippen molar-refractivity contribution in [3.05, 3.63) is 126 Å². The number of carbonyl (C=O) groups is 1. The highest BCUT2D eigenvalue weighted by Crippen LogP contribution is 2.75. The Bertz CT molecular complexity index is 1290. The van der Waals surface area contributed by atoms with Gasteiger partial charge in [0.2, 0.25) is 0 Å². The number of benzene rings is 4. The number of carbonyl (C=O) groups excluding carboxylic acids is 1. The van der Waals surface area contributed by atoms with Crippen LogP contribution in [0, 0.1) is 20.4 Å². The average Bonchev–Trinajstić information content (AvgIpc) is 3.71. The minimum atomic E-state index is -2.34. The van der Waals surface area contributed by atoms with Crippen LogP contribution < -0.4 is 21.2 Å². The van der Waals surface area contributed by atoms with Crippen LogP contribution in [0.15, 0.2) is 103 Å². The molecule has 5 rings (SSSR count). The maximum Gasteiger partial charge on any atom is 0.269 e. The van der Waals surface area contributed by atoms with Gasteiger partial charge in [0.25, 0.3) is 5.91 Å². The molecule has 1 saturated carbocycles. The SMILES string of the molecule is [C-]#[N+]c1cc(C)c(NC(=O)C2([P+](c3ccccc3)(c3ccccc3)c3ccccc3)CC2)c(C)c1. The first kappa shape index (κ1) is 23.0. The highest BCUT2D eigenvalue weighted by atomic mass is 31.2. The maximum atomic E-state index is 14.4. The van der Waals surface area contributed by atoms with Crippen LogP contribution in [0.5, 0.6) is 0 Å². The number of amides is 1. The lowest BCUT2D eigenvalue weighted by Gasteiger charge is -2.34. The molecule has 0 saturated heterocycles. The quantitative estimate of drug-likeness (QED) is 0.257. The largest absolute Gasteiger partial charge is 0.322 e. The first-order valence-electron chi connectivity index (χ1n) is 11.9. The van der Waals surface area contributed by atoms with Gasteiger partial charge in [0.15, 0.2) is 10.8 Å². The predicted molar refractivity (Wildman–Crippen MR) is 148 cm³/mol. The summed E-state index contributed by atoms with van der Waals surface area (Å²) in [5.41, 5.74) is 3.26. The van der Waals surface area contributed by atoms with E-state index in [-0.39, 0.29) is 5.91 Å². The van der Waals surface area contributed by atoms with Crippen molar-refractivity contribution in [3.8, 4) is 0 Å². The van der Waals surface area contributed by atoms with Gasteiger partial charge in [-0.2, -0.15) is 0 Å². The van der Waals surface area contributed by atoms with Gasteiger partial charge in [-0.25, -0.2) is 4.85 Å². The fourth-order valence-electron chi connectivity index (χ4n) is 5.41. The third-order valence-electron chi connectivity index (χ3n) is 7.10. The smallest absolute Gasteiger partial charge is 0.269 e. The summed E-state index contributed by atoms with van der Waals surface area (Å²) in [4.78, 5) is 18.0. The zero-order valence-electron chi connectivity index (χ0n) is 20.0. The molecule has 0 aromatic heterocycles.